The predicted molar refractivity (Wildman–Crippen MR) is 62.6 cm³/mol. The molecule has 0 unspecified atom stereocenters. The fraction of sp³-hybridized carbons (Fsp3) is 0.600. The van der Waals surface area contributed by atoms with Crippen LogP contribution in [0.1, 0.15) is 32.1 Å². The Hall–Kier alpha value is -0.810. The summed E-state index contributed by atoms with van der Waals surface area (Å²) in [6.45, 7) is 0. The molecule has 82 valence electrons. The summed E-state index contributed by atoms with van der Waals surface area (Å²) in [7, 11) is 0. The number of rotatable bonds is 3. The van der Waals surface area contributed by atoms with Gasteiger partial charge in [-0.25, -0.2) is 10.8 Å². The van der Waals surface area contributed by atoms with Crippen molar-refractivity contribution in [1.82, 2.24) is 9.97 Å². The van der Waals surface area contributed by atoms with Crippen LogP contribution < -0.4 is 11.3 Å². The number of nitrogen functional groups attached to an aromatic ring is 1. The molecule has 4 nitrogen and oxygen atoms in total. The number of hydrazine groups is 1. The van der Waals surface area contributed by atoms with E-state index in [-0.39, 0.29) is 0 Å². The molecule has 0 aromatic carbocycles. The highest BCUT2D eigenvalue weighted by molar-refractivity contribution is 7.99. The number of thioether (sulfide) groups is 1. The monoisotopic (exact) mass is 224 g/mol. The van der Waals surface area contributed by atoms with E-state index in [1.165, 1.54) is 32.1 Å². The zero-order valence-corrected chi connectivity index (χ0v) is 9.46. The molecular weight excluding hydrogens is 208 g/mol. The van der Waals surface area contributed by atoms with Gasteiger partial charge in [0.25, 0.3) is 0 Å². The molecule has 0 radical (unpaired) electrons. The van der Waals surface area contributed by atoms with Crippen LogP contribution >= 0.6 is 11.8 Å². The van der Waals surface area contributed by atoms with Crippen molar-refractivity contribution in [2.45, 2.75) is 42.4 Å². The average Bonchev–Trinajstić information content (AvgIpc) is 2.31. The molecule has 1 aliphatic carbocycles. The summed E-state index contributed by atoms with van der Waals surface area (Å²) < 4.78 is 0. The molecule has 2 rings (SSSR count). The minimum absolute atomic E-state index is 0.635. The van der Waals surface area contributed by atoms with Crippen LogP contribution in [0.4, 0.5) is 5.82 Å². The van der Waals surface area contributed by atoms with Crippen molar-refractivity contribution in [1.29, 1.82) is 0 Å². The molecule has 1 aliphatic rings. The second-order valence-corrected chi connectivity index (χ2v) is 5.09. The van der Waals surface area contributed by atoms with E-state index in [9.17, 15) is 0 Å². The maximum Gasteiger partial charge on any atom is 0.159 e. The zero-order chi connectivity index (χ0) is 10.5. The maximum absolute atomic E-state index is 5.29. The van der Waals surface area contributed by atoms with Gasteiger partial charge in [0.2, 0.25) is 0 Å². The summed E-state index contributed by atoms with van der Waals surface area (Å²) in [6.07, 6.45) is 10.1. The summed E-state index contributed by atoms with van der Waals surface area (Å²) >= 11 is 1.82. The summed E-state index contributed by atoms with van der Waals surface area (Å²) in [5.74, 6) is 5.93. The fourth-order valence-corrected chi connectivity index (χ4v) is 3.01. The van der Waals surface area contributed by atoms with Gasteiger partial charge in [-0.05, 0) is 12.8 Å². The summed E-state index contributed by atoms with van der Waals surface area (Å²) in [5, 5.41) is 1.68. The molecule has 1 heterocycles. The van der Waals surface area contributed by atoms with E-state index in [1.54, 1.807) is 12.4 Å². The van der Waals surface area contributed by atoms with Gasteiger partial charge in [0.15, 0.2) is 5.82 Å². The smallest absolute Gasteiger partial charge is 0.159 e. The first-order valence-corrected chi connectivity index (χ1v) is 6.22. The van der Waals surface area contributed by atoms with Crippen molar-refractivity contribution in [2.75, 3.05) is 5.43 Å². The largest absolute Gasteiger partial charge is 0.307 e. The van der Waals surface area contributed by atoms with Crippen LogP contribution in [0.3, 0.4) is 0 Å². The molecule has 0 amide bonds. The molecule has 5 heteroatoms. The Morgan fingerprint density at radius 3 is 2.80 bits per heavy atom. The topological polar surface area (TPSA) is 63.8 Å². The van der Waals surface area contributed by atoms with E-state index >= 15 is 0 Å². The molecule has 0 spiro atoms. The van der Waals surface area contributed by atoms with Gasteiger partial charge in [-0.15, -0.1) is 11.8 Å². The standard InChI is InChI=1S/C10H16N4S/c11-14-9-6-12-7-10(13-9)15-8-4-2-1-3-5-8/h6-8H,1-5,11H2,(H,13,14). The summed E-state index contributed by atoms with van der Waals surface area (Å²) in [4.78, 5) is 8.44. The summed E-state index contributed by atoms with van der Waals surface area (Å²) in [5.41, 5.74) is 2.52. The van der Waals surface area contributed by atoms with Crippen molar-refractivity contribution in [3.63, 3.8) is 0 Å². The average molecular weight is 224 g/mol. The highest BCUT2D eigenvalue weighted by Crippen LogP contribution is 2.32. The van der Waals surface area contributed by atoms with Gasteiger partial charge in [-0.2, -0.15) is 0 Å². The molecule has 15 heavy (non-hydrogen) atoms. The quantitative estimate of drug-likeness (QED) is 0.608. The van der Waals surface area contributed by atoms with E-state index in [0.717, 1.165) is 5.03 Å². The third-order valence-electron chi connectivity index (χ3n) is 2.60. The van der Waals surface area contributed by atoms with Crippen molar-refractivity contribution in [3.05, 3.63) is 12.4 Å². The van der Waals surface area contributed by atoms with Crippen LogP contribution in [0.2, 0.25) is 0 Å². The minimum atomic E-state index is 0.635. The van der Waals surface area contributed by atoms with Gasteiger partial charge in [-0.3, -0.25) is 4.98 Å². The van der Waals surface area contributed by atoms with Crippen molar-refractivity contribution >= 4 is 17.6 Å². The molecular formula is C10H16N4S. The molecule has 0 saturated heterocycles. The zero-order valence-electron chi connectivity index (χ0n) is 8.65. The number of hydrogen-bond donors (Lipinski definition) is 2. The summed E-state index contributed by atoms with van der Waals surface area (Å²) in [6, 6.07) is 0. The SMILES string of the molecule is NNc1cncc(SC2CCCCC2)n1. The molecule has 0 atom stereocenters. The van der Waals surface area contributed by atoms with Gasteiger partial charge < -0.3 is 5.43 Å². The Kier molecular flexibility index (Phi) is 3.80. The van der Waals surface area contributed by atoms with Gasteiger partial charge in [-0.1, -0.05) is 19.3 Å². The lowest BCUT2D eigenvalue weighted by atomic mass is 10.0. The molecule has 0 aliphatic heterocycles. The third-order valence-corrected chi connectivity index (χ3v) is 3.84. The van der Waals surface area contributed by atoms with Crippen molar-refractivity contribution in [2.24, 2.45) is 5.84 Å². The second kappa shape index (κ2) is 5.32. The normalized spacial score (nSPS) is 17.7. The van der Waals surface area contributed by atoms with Gasteiger partial charge in [0.1, 0.15) is 5.03 Å². The molecule has 3 N–H and O–H groups in total. The number of nitrogens with one attached hydrogen (secondary N) is 1. The Morgan fingerprint density at radius 2 is 2.07 bits per heavy atom. The van der Waals surface area contributed by atoms with Crippen LogP contribution in [-0.4, -0.2) is 15.2 Å². The van der Waals surface area contributed by atoms with E-state index in [4.69, 9.17) is 5.84 Å². The van der Waals surface area contributed by atoms with E-state index in [0.29, 0.717) is 11.1 Å². The van der Waals surface area contributed by atoms with Gasteiger partial charge >= 0.3 is 0 Å². The molecule has 1 aromatic rings. The molecule has 0 bridgehead atoms. The van der Waals surface area contributed by atoms with Crippen molar-refractivity contribution in [3.8, 4) is 0 Å². The van der Waals surface area contributed by atoms with Gasteiger partial charge in [0.05, 0.1) is 12.4 Å². The lowest BCUT2D eigenvalue weighted by Gasteiger charge is -2.20. The van der Waals surface area contributed by atoms with Crippen LogP contribution in [0.25, 0.3) is 0 Å². The van der Waals surface area contributed by atoms with Crippen LogP contribution in [0.15, 0.2) is 17.4 Å². The first-order chi connectivity index (χ1) is 7.38. The molecule has 1 aromatic heterocycles. The van der Waals surface area contributed by atoms with Crippen LogP contribution in [-0.2, 0) is 0 Å². The van der Waals surface area contributed by atoms with Crippen molar-refractivity contribution < 1.29 is 0 Å². The first-order valence-electron chi connectivity index (χ1n) is 5.34. The third kappa shape index (κ3) is 3.07. The minimum Gasteiger partial charge on any atom is -0.307 e. The number of nitrogens with zero attached hydrogens (tertiary/aromatic N) is 2. The van der Waals surface area contributed by atoms with E-state index in [1.807, 2.05) is 11.8 Å². The Bertz CT molecular complexity index is 312. The van der Waals surface area contributed by atoms with Crippen LogP contribution in [0.5, 0.6) is 0 Å². The van der Waals surface area contributed by atoms with E-state index < -0.39 is 0 Å². The number of hydrogen-bond acceptors (Lipinski definition) is 5. The number of anilines is 1. The van der Waals surface area contributed by atoms with Gasteiger partial charge in [0, 0.05) is 5.25 Å². The van der Waals surface area contributed by atoms with E-state index in [2.05, 4.69) is 15.4 Å². The molecule has 1 fully saturated rings. The first kappa shape index (κ1) is 10.7. The number of aromatic nitrogens is 2. The Morgan fingerprint density at radius 1 is 1.27 bits per heavy atom. The highest BCUT2D eigenvalue weighted by Gasteiger charge is 2.15. The Labute approximate surface area is 94.0 Å². The second-order valence-electron chi connectivity index (χ2n) is 3.76. The molecule has 1 saturated carbocycles. The lowest BCUT2D eigenvalue weighted by molar-refractivity contribution is 0.515. The maximum atomic E-state index is 5.29. The number of nitrogens with two attached hydrogens (primary N) is 1. The highest BCUT2D eigenvalue weighted by atomic mass is 32.2. The predicted octanol–water partition coefficient (Wildman–Crippen LogP) is 2.19. The Balaban J connectivity index is 1.96. The fourth-order valence-electron chi connectivity index (χ4n) is 1.83. The van der Waals surface area contributed by atoms with Crippen LogP contribution in [0, 0.1) is 0 Å². The lowest BCUT2D eigenvalue weighted by Crippen LogP contribution is -2.11.